The summed E-state index contributed by atoms with van der Waals surface area (Å²) in [5.41, 5.74) is 1.81. The number of ether oxygens (including phenoxy) is 1. The Morgan fingerprint density at radius 1 is 1.38 bits per heavy atom. The van der Waals surface area contributed by atoms with Crippen molar-refractivity contribution in [3.05, 3.63) is 40.1 Å². The first kappa shape index (κ1) is 16.3. The maximum absolute atomic E-state index is 11.6. The van der Waals surface area contributed by atoms with Gasteiger partial charge in [0.15, 0.2) is 0 Å². The number of aromatic nitrogens is 2. The Kier molecular flexibility index (Phi) is 4.95. The molecule has 0 aliphatic heterocycles. The van der Waals surface area contributed by atoms with Crippen LogP contribution >= 0.6 is 26.6 Å². The third-order valence-electron chi connectivity index (χ3n) is 2.93. The zero-order valence-electron chi connectivity index (χ0n) is 11.5. The van der Waals surface area contributed by atoms with E-state index in [4.69, 9.17) is 15.4 Å². The fourth-order valence-corrected chi connectivity index (χ4v) is 3.33. The number of aryl methyl sites for hydroxylation is 2. The molecule has 0 unspecified atom stereocenters. The normalized spacial score (nSPS) is 11.6. The highest BCUT2D eigenvalue weighted by atomic mass is 79.9. The average molecular weight is 394 g/mol. The predicted molar refractivity (Wildman–Crippen MR) is 84.1 cm³/mol. The van der Waals surface area contributed by atoms with Gasteiger partial charge in [0, 0.05) is 22.2 Å². The van der Waals surface area contributed by atoms with Crippen molar-refractivity contribution in [3.63, 3.8) is 0 Å². The summed E-state index contributed by atoms with van der Waals surface area (Å²) in [6, 6.07) is 6.60. The molecule has 0 bridgehead atoms. The van der Waals surface area contributed by atoms with E-state index in [1.807, 2.05) is 20.0 Å². The molecule has 2 rings (SSSR count). The van der Waals surface area contributed by atoms with Gasteiger partial charge in [-0.2, -0.15) is 5.10 Å². The molecular formula is C13H14BrClN2O3S. The third kappa shape index (κ3) is 3.99. The first-order chi connectivity index (χ1) is 9.81. The maximum Gasteiger partial charge on any atom is 0.265 e. The fraction of sp³-hybridized carbons (Fsp3) is 0.308. The Hall–Kier alpha value is -1.05. The van der Waals surface area contributed by atoms with Crippen LogP contribution in [0.5, 0.6) is 5.75 Å². The van der Waals surface area contributed by atoms with Crippen molar-refractivity contribution in [2.75, 3.05) is 0 Å². The van der Waals surface area contributed by atoms with Crippen LogP contribution in [0.4, 0.5) is 0 Å². The summed E-state index contributed by atoms with van der Waals surface area (Å²) in [5.74, 6) is 0.215. The lowest BCUT2D eigenvalue weighted by atomic mass is 10.3. The molecule has 2 aromatic rings. The molecule has 1 heterocycles. The molecule has 8 heteroatoms. The highest BCUT2D eigenvalue weighted by molar-refractivity contribution is 9.10. The molecule has 0 saturated heterocycles. The smallest absolute Gasteiger partial charge is 0.265 e. The lowest BCUT2D eigenvalue weighted by Crippen LogP contribution is -2.05. The number of halogens is 2. The fourth-order valence-electron chi connectivity index (χ4n) is 1.82. The maximum atomic E-state index is 11.6. The molecule has 0 saturated carbocycles. The molecular weight excluding hydrogens is 380 g/mol. The van der Waals surface area contributed by atoms with Crippen LogP contribution in [0.2, 0.25) is 0 Å². The molecule has 0 amide bonds. The van der Waals surface area contributed by atoms with E-state index < -0.39 is 9.05 Å². The quantitative estimate of drug-likeness (QED) is 0.732. The topological polar surface area (TPSA) is 61.2 Å². The molecule has 1 aromatic heterocycles. The van der Waals surface area contributed by atoms with Crippen LogP contribution in [0.3, 0.4) is 0 Å². The van der Waals surface area contributed by atoms with Gasteiger partial charge < -0.3 is 4.74 Å². The first-order valence-electron chi connectivity index (χ1n) is 6.20. The molecule has 1 aromatic carbocycles. The van der Waals surface area contributed by atoms with Gasteiger partial charge in [0.05, 0.1) is 11.4 Å². The average Bonchev–Trinajstić information content (AvgIpc) is 2.77. The SMILES string of the molecule is CCc1cc(COc2ccc(Br)cc2S(=O)(=O)Cl)n(C)n1. The second-order valence-corrected chi connectivity index (χ2v) is 7.87. The van der Waals surface area contributed by atoms with Gasteiger partial charge in [0.25, 0.3) is 9.05 Å². The van der Waals surface area contributed by atoms with Gasteiger partial charge in [-0.05, 0) is 30.7 Å². The van der Waals surface area contributed by atoms with Crippen LogP contribution in [-0.2, 0) is 29.1 Å². The van der Waals surface area contributed by atoms with E-state index in [0.29, 0.717) is 4.47 Å². The highest BCUT2D eigenvalue weighted by Crippen LogP contribution is 2.30. The number of hydrogen-bond donors (Lipinski definition) is 0. The van der Waals surface area contributed by atoms with Gasteiger partial charge in [-0.15, -0.1) is 0 Å². The lowest BCUT2D eigenvalue weighted by Gasteiger charge is -2.10. The van der Waals surface area contributed by atoms with Gasteiger partial charge >= 0.3 is 0 Å². The van der Waals surface area contributed by atoms with E-state index in [-0.39, 0.29) is 17.3 Å². The summed E-state index contributed by atoms with van der Waals surface area (Å²) >= 11 is 3.22. The van der Waals surface area contributed by atoms with Gasteiger partial charge in [-0.3, -0.25) is 4.68 Å². The van der Waals surface area contributed by atoms with E-state index in [0.717, 1.165) is 17.8 Å². The summed E-state index contributed by atoms with van der Waals surface area (Å²) in [6.07, 6.45) is 0.827. The molecule has 21 heavy (non-hydrogen) atoms. The van der Waals surface area contributed by atoms with Gasteiger partial charge in [-0.1, -0.05) is 22.9 Å². The van der Waals surface area contributed by atoms with Gasteiger partial charge in [0.2, 0.25) is 0 Å². The molecule has 114 valence electrons. The van der Waals surface area contributed by atoms with Crippen molar-refractivity contribution in [3.8, 4) is 5.75 Å². The zero-order chi connectivity index (χ0) is 15.6. The molecule has 0 aliphatic rings. The van der Waals surface area contributed by atoms with Crippen LogP contribution in [0.1, 0.15) is 18.3 Å². The lowest BCUT2D eigenvalue weighted by molar-refractivity contribution is 0.287. The third-order valence-corrected chi connectivity index (χ3v) is 4.77. The first-order valence-corrected chi connectivity index (χ1v) is 9.30. The highest BCUT2D eigenvalue weighted by Gasteiger charge is 2.18. The molecule has 0 N–H and O–H groups in total. The Morgan fingerprint density at radius 2 is 2.10 bits per heavy atom. The second-order valence-electron chi connectivity index (χ2n) is 4.42. The molecule has 0 atom stereocenters. The summed E-state index contributed by atoms with van der Waals surface area (Å²) in [4.78, 5) is -0.0589. The Balaban J connectivity index is 2.26. The van der Waals surface area contributed by atoms with E-state index in [1.165, 1.54) is 6.07 Å². The molecule has 0 radical (unpaired) electrons. The minimum atomic E-state index is -3.88. The van der Waals surface area contributed by atoms with Gasteiger partial charge in [0.1, 0.15) is 17.3 Å². The number of nitrogens with zero attached hydrogens (tertiary/aromatic N) is 2. The second kappa shape index (κ2) is 6.37. The Morgan fingerprint density at radius 3 is 2.67 bits per heavy atom. The number of rotatable bonds is 5. The van der Waals surface area contributed by atoms with Gasteiger partial charge in [-0.25, -0.2) is 8.42 Å². The van der Waals surface area contributed by atoms with Crippen molar-refractivity contribution < 1.29 is 13.2 Å². The minimum Gasteiger partial charge on any atom is -0.486 e. The van der Waals surface area contributed by atoms with Crippen LogP contribution in [0, 0.1) is 0 Å². The summed E-state index contributed by atoms with van der Waals surface area (Å²) in [5, 5.41) is 4.31. The summed E-state index contributed by atoms with van der Waals surface area (Å²) < 4.78 is 31.1. The molecule has 0 fully saturated rings. The van der Waals surface area contributed by atoms with Crippen LogP contribution < -0.4 is 4.74 Å². The van der Waals surface area contributed by atoms with E-state index in [1.54, 1.807) is 16.8 Å². The van der Waals surface area contributed by atoms with E-state index >= 15 is 0 Å². The molecule has 5 nitrogen and oxygen atoms in total. The largest absolute Gasteiger partial charge is 0.486 e. The molecule has 0 spiro atoms. The standard InChI is InChI=1S/C13H14BrClN2O3S/c1-3-10-7-11(17(2)16-10)8-20-12-5-4-9(14)6-13(12)21(15,18)19/h4-7H,3,8H2,1-2H3. The van der Waals surface area contributed by atoms with Crippen molar-refractivity contribution in [2.45, 2.75) is 24.8 Å². The Labute approximate surface area is 136 Å². The number of benzene rings is 1. The van der Waals surface area contributed by atoms with Crippen molar-refractivity contribution in [2.24, 2.45) is 7.05 Å². The van der Waals surface area contributed by atoms with E-state index in [9.17, 15) is 8.42 Å². The molecule has 0 aliphatic carbocycles. The van der Waals surface area contributed by atoms with Crippen LogP contribution in [0.25, 0.3) is 0 Å². The van der Waals surface area contributed by atoms with E-state index in [2.05, 4.69) is 21.0 Å². The summed E-state index contributed by atoms with van der Waals surface area (Å²) in [7, 11) is 3.37. The summed E-state index contributed by atoms with van der Waals surface area (Å²) in [6.45, 7) is 2.23. The van der Waals surface area contributed by atoms with Crippen LogP contribution in [-0.4, -0.2) is 18.2 Å². The zero-order valence-corrected chi connectivity index (χ0v) is 14.7. The van der Waals surface area contributed by atoms with Crippen LogP contribution in [0.15, 0.2) is 33.6 Å². The van der Waals surface area contributed by atoms with Crippen molar-refractivity contribution in [1.82, 2.24) is 9.78 Å². The van der Waals surface area contributed by atoms with Crippen molar-refractivity contribution in [1.29, 1.82) is 0 Å². The van der Waals surface area contributed by atoms with Crippen molar-refractivity contribution >= 4 is 35.7 Å². The number of hydrogen-bond acceptors (Lipinski definition) is 4. The monoisotopic (exact) mass is 392 g/mol. The Bertz CT molecular complexity index is 759. The predicted octanol–water partition coefficient (Wildman–Crippen LogP) is 3.25. The minimum absolute atomic E-state index is 0.0589.